The number of thiophene rings is 1. The molecular weight excluding hydrogens is 330 g/mol. The first-order chi connectivity index (χ1) is 12.0. The van der Waals surface area contributed by atoms with Crippen LogP contribution in [0.3, 0.4) is 0 Å². The number of hydrogen-bond donors (Lipinski definition) is 0. The molecule has 2 aromatic rings. The molecule has 5 nitrogen and oxygen atoms in total. The minimum absolute atomic E-state index is 0.502. The van der Waals surface area contributed by atoms with Gasteiger partial charge in [-0.25, -0.2) is 0 Å². The number of anilines is 1. The summed E-state index contributed by atoms with van der Waals surface area (Å²) in [6, 6.07) is 10.4. The molecule has 0 aliphatic heterocycles. The molecule has 2 rings (SSSR count). The fourth-order valence-corrected chi connectivity index (χ4v) is 3.44. The van der Waals surface area contributed by atoms with Gasteiger partial charge in [0.05, 0.1) is 23.7 Å². The van der Waals surface area contributed by atoms with E-state index in [4.69, 9.17) is 5.26 Å². The van der Waals surface area contributed by atoms with E-state index in [9.17, 15) is 5.26 Å². The summed E-state index contributed by atoms with van der Waals surface area (Å²) in [5.41, 5.74) is 4.46. The Morgan fingerprint density at radius 2 is 1.92 bits per heavy atom. The van der Waals surface area contributed by atoms with Crippen LogP contribution in [0.4, 0.5) is 16.4 Å². The topological polar surface area (TPSA) is 75.5 Å². The first kappa shape index (κ1) is 18.6. The van der Waals surface area contributed by atoms with Crippen molar-refractivity contribution < 1.29 is 0 Å². The van der Waals surface area contributed by atoms with Crippen molar-refractivity contribution in [2.24, 2.45) is 10.2 Å². The van der Waals surface area contributed by atoms with Crippen molar-refractivity contribution >= 4 is 27.7 Å². The molecule has 0 atom stereocenters. The van der Waals surface area contributed by atoms with Crippen molar-refractivity contribution in [3.05, 3.63) is 39.8 Å². The number of nitrogens with zero attached hydrogens (tertiary/aromatic N) is 5. The normalized spacial score (nSPS) is 10.6. The van der Waals surface area contributed by atoms with Crippen LogP contribution in [0.15, 0.2) is 28.4 Å². The Labute approximate surface area is 152 Å². The number of benzene rings is 1. The van der Waals surface area contributed by atoms with Crippen LogP contribution in [-0.2, 0) is 0 Å². The first-order valence-electron chi connectivity index (χ1n) is 8.16. The van der Waals surface area contributed by atoms with Crippen molar-refractivity contribution in [2.75, 3.05) is 18.0 Å². The maximum Gasteiger partial charge on any atom is 0.157 e. The van der Waals surface area contributed by atoms with E-state index in [-0.39, 0.29) is 0 Å². The Morgan fingerprint density at radius 3 is 2.52 bits per heavy atom. The van der Waals surface area contributed by atoms with E-state index in [1.807, 2.05) is 32.9 Å². The van der Waals surface area contributed by atoms with E-state index < -0.39 is 0 Å². The maximum atomic E-state index is 9.29. The molecule has 25 heavy (non-hydrogen) atoms. The van der Waals surface area contributed by atoms with Crippen molar-refractivity contribution in [1.29, 1.82) is 10.5 Å². The molecule has 0 saturated carbocycles. The summed E-state index contributed by atoms with van der Waals surface area (Å²) in [5.74, 6) is 0. The average molecular weight is 351 g/mol. The van der Waals surface area contributed by atoms with Crippen LogP contribution in [0.2, 0.25) is 0 Å². The van der Waals surface area contributed by atoms with Gasteiger partial charge in [-0.3, -0.25) is 0 Å². The molecule has 0 amide bonds. The highest BCUT2D eigenvalue weighted by Gasteiger charge is 2.12. The fraction of sp³-hybridized carbons (Fsp3) is 0.368. The molecule has 0 unspecified atom stereocenters. The van der Waals surface area contributed by atoms with Crippen molar-refractivity contribution in [3.8, 4) is 12.1 Å². The van der Waals surface area contributed by atoms with Crippen molar-refractivity contribution in [2.45, 2.75) is 34.1 Å². The molecule has 1 heterocycles. The SMILES string of the molecule is CCN(CCC#N)c1ccc(N=Nc2sc(C)c(C)c2C#N)c(C)c1. The second-order valence-electron chi connectivity index (χ2n) is 5.73. The minimum atomic E-state index is 0.502. The summed E-state index contributed by atoms with van der Waals surface area (Å²) >= 11 is 1.49. The van der Waals surface area contributed by atoms with E-state index >= 15 is 0 Å². The molecule has 6 heteroatoms. The second kappa shape index (κ2) is 8.41. The van der Waals surface area contributed by atoms with Crippen LogP contribution >= 0.6 is 11.3 Å². The number of aryl methyl sites for hydroxylation is 2. The van der Waals surface area contributed by atoms with E-state index in [0.29, 0.717) is 23.5 Å². The summed E-state index contributed by atoms with van der Waals surface area (Å²) in [6.45, 7) is 9.55. The van der Waals surface area contributed by atoms with E-state index in [0.717, 1.165) is 33.9 Å². The summed E-state index contributed by atoms with van der Waals surface area (Å²) in [4.78, 5) is 3.25. The third-order valence-electron chi connectivity index (χ3n) is 4.15. The van der Waals surface area contributed by atoms with E-state index in [1.165, 1.54) is 11.3 Å². The molecular formula is C19H21N5S. The van der Waals surface area contributed by atoms with E-state index in [1.54, 1.807) is 0 Å². The number of nitriles is 2. The minimum Gasteiger partial charge on any atom is -0.371 e. The zero-order valence-corrected chi connectivity index (χ0v) is 15.8. The zero-order chi connectivity index (χ0) is 18.4. The largest absolute Gasteiger partial charge is 0.371 e. The molecule has 0 aliphatic carbocycles. The lowest BCUT2D eigenvalue weighted by Gasteiger charge is -2.22. The highest BCUT2D eigenvalue weighted by atomic mass is 32.1. The van der Waals surface area contributed by atoms with Crippen LogP contribution in [0, 0.1) is 43.4 Å². The van der Waals surface area contributed by atoms with Crippen LogP contribution in [0.5, 0.6) is 0 Å². The van der Waals surface area contributed by atoms with Crippen LogP contribution in [0.25, 0.3) is 0 Å². The lowest BCUT2D eigenvalue weighted by Crippen LogP contribution is -2.23. The Balaban J connectivity index is 2.26. The van der Waals surface area contributed by atoms with Gasteiger partial charge in [-0.05, 0) is 57.0 Å². The summed E-state index contributed by atoms with van der Waals surface area (Å²) in [7, 11) is 0. The third-order valence-corrected chi connectivity index (χ3v) is 5.24. The third kappa shape index (κ3) is 4.23. The van der Waals surface area contributed by atoms with Gasteiger partial charge in [0.15, 0.2) is 5.00 Å². The standard InChI is InChI=1S/C19H21N5S/c1-5-24(10-6-9-20)16-7-8-18(13(2)11-16)22-23-19-17(12-21)14(3)15(4)25-19/h7-8,11H,5-6,10H2,1-4H3. The van der Waals surface area contributed by atoms with Crippen LogP contribution in [0.1, 0.15) is 34.9 Å². The summed E-state index contributed by atoms with van der Waals surface area (Å²) in [5, 5.41) is 27.4. The predicted octanol–water partition coefficient (Wildman–Crippen LogP) is 5.70. The van der Waals surface area contributed by atoms with Gasteiger partial charge >= 0.3 is 0 Å². The van der Waals surface area contributed by atoms with Gasteiger partial charge in [0.1, 0.15) is 6.07 Å². The first-order valence-corrected chi connectivity index (χ1v) is 8.97. The Morgan fingerprint density at radius 1 is 1.16 bits per heavy atom. The van der Waals surface area contributed by atoms with E-state index in [2.05, 4.69) is 40.3 Å². The van der Waals surface area contributed by atoms with Crippen LogP contribution in [-0.4, -0.2) is 13.1 Å². The van der Waals surface area contributed by atoms with Crippen molar-refractivity contribution in [3.63, 3.8) is 0 Å². The van der Waals surface area contributed by atoms with Gasteiger partial charge in [-0.2, -0.15) is 10.5 Å². The summed E-state index contributed by atoms with van der Waals surface area (Å²) < 4.78 is 0. The molecule has 0 saturated heterocycles. The molecule has 0 N–H and O–H groups in total. The molecule has 1 aromatic heterocycles. The van der Waals surface area contributed by atoms with Gasteiger partial charge in [-0.15, -0.1) is 21.6 Å². The molecule has 0 bridgehead atoms. The van der Waals surface area contributed by atoms with Gasteiger partial charge in [0.25, 0.3) is 0 Å². The van der Waals surface area contributed by atoms with Crippen molar-refractivity contribution in [1.82, 2.24) is 0 Å². The Bertz CT molecular complexity index is 867. The lowest BCUT2D eigenvalue weighted by molar-refractivity contribution is 0.826. The fourth-order valence-electron chi connectivity index (χ4n) is 2.51. The smallest absolute Gasteiger partial charge is 0.157 e. The molecule has 0 spiro atoms. The van der Waals surface area contributed by atoms with Gasteiger partial charge in [-0.1, -0.05) is 0 Å². The average Bonchev–Trinajstić information content (AvgIpc) is 2.88. The number of rotatable bonds is 6. The Hall–Kier alpha value is -2.70. The molecule has 0 fully saturated rings. The van der Waals surface area contributed by atoms with Crippen LogP contribution < -0.4 is 4.90 Å². The number of azo groups is 1. The highest BCUT2D eigenvalue weighted by molar-refractivity contribution is 7.16. The molecule has 128 valence electrons. The quantitative estimate of drug-likeness (QED) is 0.626. The summed E-state index contributed by atoms with van der Waals surface area (Å²) in [6.07, 6.45) is 0.502. The molecule has 1 aromatic carbocycles. The van der Waals surface area contributed by atoms with Gasteiger partial charge < -0.3 is 4.90 Å². The zero-order valence-electron chi connectivity index (χ0n) is 15.0. The second-order valence-corrected chi connectivity index (χ2v) is 6.94. The molecule has 0 aliphatic rings. The predicted molar refractivity (Wildman–Crippen MR) is 102 cm³/mol. The monoisotopic (exact) mass is 351 g/mol. The number of hydrogen-bond acceptors (Lipinski definition) is 6. The van der Waals surface area contributed by atoms with Gasteiger partial charge in [0, 0.05) is 23.7 Å². The molecule has 0 radical (unpaired) electrons. The van der Waals surface area contributed by atoms with Gasteiger partial charge in [0.2, 0.25) is 0 Å². The maximum absolute atomic E-state index is 9.29. The lowest BCUT2D eigenvalue weighted by atomic mass is 10.1. The Kier molecular flexibility index (Phi) is 6.27. The highest BCUT2D eigenvalue weighted by Crippen LogP contribution is 2.35.